The summed E-state index contributed by atoms with van der Waals surface area (Å²) in [6.07, 6.45) is 1.08. The Hall–Kier alpha value is -1.06. The molecule has 1 atom stereocenters. The van der Waals surface area contributed by atoms with E-state index in [0.29, 0.717) is 6.04 Å². The third-order valence-electron chi connectivity index (χ3n) is 2.78. The second kappa shape index (κ2) is 4.85. The topological polar surface area (TPSA) is 21.3 Å². The van der Waals surface area contributed by atoms with Crippen LogP contribution in [0.1, 0.15) is 11.8 Å². The van der Waals surface area contributed by atoms with Gasteiger partial charge in [0.2, 0.25) is 0 Å². The Morgan fingerprint density at radius 2 is 2.19 bits per heavy atom. The van der Waals surface area contributed by atoms with Crippen LogP contribution in [0.2, 0.25) is 0 Å². The van der Waals surface area contributed by atoms with Crippen molar-refractivity contribution in [3.8, 4) is 5.75 Å². The molecule has 0 aliphatic rings. The third-order valence-corrected chi connectivity index (χ3v) is 3.90. The van der Waals surface area contributed by atoms with Gasteiger partial charge in [0.25, 0.3) is 0 Å². The van der Waals surface area contributed by atoms with Gasteiger partial charge in [-0.25, -0.2) is 0 Å². The molecule has 16 heavy (non-hydrogen) atoms. The minimum Gasteiger partial charge on any atom is -0.497 e. The molecule has 0 bridgehead atoms. The summed E-state index contributed by atoms with van der Waals surface area (Å²) in [6.45, 7) is 2.20. The first-order chi connectivity index (χ1) is 7.72. The normalized spacial score (nSPS) is 12.9. The molecular formula is C13H17NOS. The zero-order valence-electron chi connectivity index (χ0n) is 9.91. The number of likely N-dealkylation sites (N-methyl/N-ethyl adjacent to an activating group) is 1. The van der Waals surface area contributed by atoms with Crippen LogP contribution in [0.4, 0.5) is 0 Å². The molecule has 2 aromatic rings. The Morgan fingerprint density at radius 3 is 2.88 bits per heavy atom. The zero-order valence-corrected chi connectivity index (χ0v) is 10.7. The number of nitrogens with one attached hydrogen (secondary N) is 1. The molecule has 3 heteroatoms. The molecule has 1 heterocycles. The SMILES string of the molecule is CNC(C)Cc1cc2ccc(OC)cc2s1. The number of methoxy groups -OCH3 is 1. The van der Waals surface area contributed by atoms with Crippen LogP contribution < -0.4 is 10.1 Å². The van der Waals surface area contributed by atoms with Gasteiger partial charge < -0.3 is 10.1 Å². The number of hydrogen-bond donors (Lipinski definition) is 1. The highest BCUT2D eigenvalue weighted by Gasteiger charge is 2.06. The second-order valence-electron chi connectivity index (χ2n) is 4.01. The van der Waals surface area contributed by atoms with E-state index in [1.807, 2.05) is 24.5 Å². The van der Waals surface area contributed by atoms with Crippen LogP contribution in [-0.4, -0.2) is 20.2 Å². The smallest absolute Gasteiger partial charge is 0.120 e. The van der Waals surface area contributed by atoms with Crippen molar-refractivity contribution < 1.29 is 4.74 Å². The van der Waals surface area contributed by atoms with Crippen molar-refractivity contribution in [2.45, 2.75) is 19.4 Å². The summed E-state index contributed by atoms with van der Waals surface area (Å²) in [5.74, 6) is 0.933. The van der Waals surface area contributed by atoms with Gasteiger partial charge in [-0.05, 0) is 50.0 Å². The van der Waals surface area contributed by atoms with Gasteiger partial charge in [-0.2, -0.15) is 0 Å². The Balaban J connectivity index is 2.29. The summed E-state index contributed by atoms with van der Waals surface area (Å²) in [5, 5.41) is 4.57. The lowest BCUT2D eigenvalue weighted by molar-refractivity contribution is 0.415. The van der Waals surface area contributed by atoms with Crippen LogP contribution in [0.5, 0.6) is 5.75 Å². The van der Waals surface area contributed by atoms with Gasteiger partial charge in [0.05, 0.1) is 7.11 Å². The predicted octanol–water partition coefficient (Wildman–Crippen LogP) is 3.06. The van der Waals surface area contributed by atoms with Crippen molar-refractivity contribution in [2.75, 3.05) is 14.2 Å². The fraction of sp³-hybridized carbons (Fsp3) is 0.385. The van der Waals surface area contributed by atoms with E-state index in [-0.39, 0.29) is 0 Å². The average Bonchev–Trinajstić information content (AvgIpc) is 2.69. The van der Waals surface area contributed by atoms with Crippen molar-refractivity contribution >= 4 is 21.4 Å². The lowest BCUT2D eigenvalue weighted by Gasteiger charge is -2.06. The first kappa shape index (κ1) is 11.4. The molecule has 0 radical (unpaired) electrons. The van der Waals surface area contributed by atoms with E-state index >= 15 is 0 Å². The highest BCUT2D eigenvalue weighted by Crippen LogP contribution is 2.29. The molecule has 0 amide bonds. The van der Waals surface area contributed by atoms with Gasteiger partial charge in [-0.3, -0.25) is 0 Å². The van der Waals surface area contributed by atoms with Gasteiger partial charge in [0.15, 0.2) is 0 Å². The van der Waals surface area contributed by atoms with Crippen molar-refractivity contribution in [3.63, 3.8) is 0 Å². The minimum atomic E-state index is 0.523. The molecule has 0 fully saturated rings. The molecule has 0 saturated heterocycles. The standard InChI is InChI=1S/C13H17NOS/c1-9(14-2)6-12-7-10-4-5-11(15-3)8-13(10)16-12/h4-5,7-9,14H,6H2,1-3H3. The lowest BCUT2D eigenvalue weighted by atomic mass is 10.2. The first-order valence-electron chi connectivity index (χ1n) is 5.46. The number of rotatable bonds is 4. The number of thiophene rings is 1. The molecule has 2 nitrogen and oxygen atoms in total. The largest absolute Gasteiger partial charge is 0.497 e. The molecule has 1 unspecified atom stereocenters. The maximum absolute atomic E-state index is 5.23. The summed E-state index contributed by atoms with van der Waals surface area (Å²) in [5.41, 5.74) is 0. The number of fused-ring (bicyclic) bond motifs is 1. The van der Waals surface area contributed by atoms with Crippen molar-refractivity contribution in [1.82, 2.24) is 5.32 Å². The maximum Gasteiger partial charge on any atom is 0.120 e. The molecular weight excluding hydrogens is 218 g/mol. The fourth-order valence-electron chi connectivity index (χ4n) is 1.70. The van der Waals surface area contributed by atoms with Crippen LogP contribution in [0.25, 0.3) is 10.1 Å². The summed E-state index contributed by atoms with van der Waals surface area (Å²) < 4.78 is 6.53. The molecule has 0 aliphatic heterocycles. The van der Waals surface area contributed by atoms with Crippen LogP contribution in [-0.2, 0) is 6.42 Å². The first-order valence-corrected chi connectivity index (χ1v) is 6.28. The Morgan fingerprint density at radius 1 is 1.38 bits per heavy atom. The van der Waals surface area contributed by atoms with E-state index < -0.39 is 0 Å². The highest BCUT2D eigenvalue weighted by molar-refractivity contribution is 7.19. The summed E-state index contributed by atoms with van der Waals surface area (Å²) in [6, 6.07) is 9.04. The van der Waals surface area contributed by atoms with E-state index in [2.05, 4.69) is 30.4 Å². The number of ether oxygens (including phenoxy) is 1. The van der Waals surface area contributed by atoms with E-state index in [4.69, 9.17) is 4.74 Å². The number of benzene rings is 1. The van der Waals surface area contributed by atoms with Crippen LogP contribution in [0.15, 0.2) is 24.3 Å². The highest BCUT2D eigenvalue weighted by atomic mass is 32.1. The predicted molar refractivity (Wildman–Crippen MR) is 70.6 cm³/mol. The maximum atomic E-state index is 5.23. The zero-order chi connectivity index (χ0) is 11.5. The Kier molecular flexibility index (Phi) is 3.46. The molecule has 2 rings (SSSR count). The van der Waals surface area contributed by atoms with E-state index in [9.17, 15) is 0 Å². The summed E-state index contributed by atoms with van der Waals surface area (Å²) >= 11 is 1.85. The lowest BCUT2D eigenvalue weighted by Crippen LogP contribution is -2.22. The molecule has 1 N–H and O–H groups in total. The van der Waals surface area contributed by atoms with Crippen LogP contribution in [0, 0.1) is 0 Å². The quantitative estimate of drug-likeness (QED) is 0.879. The van der Waals surface area contributed by atoms with Gasteiger partial charge in [0.1, 0.15) is 5.75 Å². The van der Waals surface area contributed by atoms with Gasteiger partial charge in [-0.15, -0.1) is 11.3 Å². The summed E-state index contributed by atoms with van der Waals surface area (Å²) in [7, 11) is 3.71. The number of hydrogen-bond acceptors (Lipinski definition) is 3. The monoisotopic (exact) mass is 235 g/mol. The second-order valence-corrected chi connectivity index (χ2v) is 5.18. The molecule has 1 aromatic heterocycles. The van der Waals surface area contributed by atoms with Crippen molar-refractivity contribution in [2.24, 2.45) is 0 Å². The Bertz CT molecular complexity index is 478. The van der Waals surface area contributed by atoms with Crippen LogP contribution >= 0.6 is 11.3 Å². The summed E-state index contributed by atoms with van der Waals surface area (Å²) in [4.78, 5) is 1.42. The average molecular weight is 235 g/mol. The van der Waals surface area contributed by atoms with Crippen molar-refractivity contribution in [1.29, 1.82) is 0 Å². The molecule has 86 valence electrons. The van der Waals surface area contributed by atoms with Crippen LogP contribution in [0.3, 0.4) is 0 Å². The molecule has 1 aromatic carbocycles. The fourth-order valence-corrected chi connectivity index (χ4v) is 2.92. The van der Waals surface area contributed by atoms with Gasteiger partial charge in [0, 0.05) is 15.6 Å². The van der Waals surface area contributed by atoms with E-state index in [1.165, 1.54) is 15.0 Å². The van der Waals surface area contributed by atoms with Gasteiger partial charge in [-0.1, -0.05) is 0 Å². The molecule has 0 spiro atoms. The minimum absolute atomic E-state index is 0.523. The van der Waals surface area contributed by atoms with Gasteiger partial charge >= 0.3 is 0 Å². The van der Waals surface area contributed by atoms with Crippen molar-refractivity contribution in [3.05, 3.63) is 29.1 Å². The molecule has 0 saturated carbocycles. The van der Waals surface area contributed by atoms with E-state index in [1.54, 1.807) is 7.11 Å². The third kappa shape index (κ3) is 2.36. The molecule has 0 aliphatic carbocycles. The Labute approximate surface area is 100 Å². The van der Waals surface area contributed by atoms with E-state index in [0.717, 1.165) is 12.2 Å².